The average Bonchev–Trinajstić information content (AvgIpc) is 2.59. The first-order chi connectivity index (χ1) is 11.5. The molecule has 2 aromatic rings. The molecule has 0 unspecified atom stereocenters. The zero-order chi connectivity index (χ0) is 17.5. The number of nitrogens with zero attached hydrogens (tertiary/aromatic N) is 1. The van der Waals surface area contributed by atoms with Gasteiger partial charge in [0.2, 0.25) is 0 Å². The predicted octanol–water partition coefficient (Wildman–Crippen LogP) is 3.62. The maximum Gasteiger partial charge on any atom is 0.337 e. The Morgan fingerprint density at radius 1 is 1.21 bits per heavy atom. The van der Waals surface area contributed by atoms with Crippen LogP contribution in [0.1, 0.15) is 15.9 Å². The van der Waals surface area contributed by atoms with E-state index in [4.69, 9.17) is 0 Å². The molecule has 120 valence electrons. The second-order valence-electron chi connectivity index (χ2n) is 4.75. The van der Waals surface area contributed by atoms with Crippen molar-refractivity contribution in [1.29, 1.82) is 5.26 Å². The van der Waals surface area contributed by atoms with Crippen molar-refractivity contribution in [3.05, 3.63) is 68.8 Å². The molecular weight excluding hydrogens is 419 g/mol. The van der Waals surface area contributed by atoms with Gasteiger partial charge in [-0.25, -0.2) is 4.79 Å². The lowest BCUT2D eigenvalue weighted by atomic mass is 10.1. The summed E-state index contributed by atoms with van der Waals surface area (Å²) in [4.78, 5) is 23.6. The van der Waals surface area contributed by atoms with Crippen LogP contribution in [0.5, 0.6) is 0 Å². The summed E-state index contributed by atoms with van der Waals surface area (Å²) in [5.41, 5.74) is 1.63. The van der Waals surface area contributed by atoms with Gasteiger partial charge in [-0.1, -0.05) is 18.2 Å². The molecule has 0 radical (unpaired) electrons. The molecule has 6 heteroatoms. The maximum atomic E-state index is 12.2. The van der Waals surface area contributed by atoms with E-state index in [1.807, 2.05) is 18.2 Å². The number of methoxy groups -OCH3 is 1. The van der Waals surface area contributed by atoms with Gasteiger partial charge in [0.15, 0.2) is 0 Å². The van der Waals surface area contributed by atoms with E-state index in [-0.39, 0.29) is 5.57 Å². The highest BCUT2D eigenvalue weighted by molar-refractivity contribution is 14.1. The fraction of sp³-hybridized carbons (Fsp3) is 0.0556. The van der Waals surface area contributed by atoms with Gasteiger partial charge in [0.05, 0.1) is 12.7 Å². The number of halogens is 1. The monoisotopic (exact) mass is 432 g/mol. The van der Waals surface area contributed by atoms with Crippen molar-refractivity contribution in [3.63, 3.8) is 0 Å². The van der Waals surface area contributed by atoms with Crippen molar-refractivity contribution in [2.75, 3.05) is 12.4 Å². The fourth-order valence-electron chi connectivity index (χ4n) is 1.91. The molecule has 2 rings (SSSR count). The summed E-state index contributed by atoms with van der Waals surface area (Å²) in [6.07, 6.45) is 1.46. The molecule has 5 nitrogen and oxygen atoms in total. The second kappa shape index (κ2) is 8.26. The summed E-state index contributed by atoms with van der Waals surface area (Å²) in [6, 6.07) is 15.6. The van der Waals surface area contributed by atoms with Gasteiger partial charge < -0.3 is 10.1 Å². The van der Waals surface area contributed by atoms with Crippen molar-refractivity contribution < 1.29 is 14.3 Å². The van der Waals surface area contributed by atoms with Crippen molar-refractivity contribution in [2.24, 2.45) is 0 Å². The van der Waals surface area contributed by atoms with E-state index in [0.717, 1.165) is 3.57 Å². The van der Waals surface area contributed by atoms with E-state index in [2.05, 4.69) is 32.6 Å². The molecule has 2 aromatic carbocycles. The number of carbonyl (C=O) groups is 2. The van der Waals surface area contributed by atoms with Gasteiger partial charge >= 0.3 is 5.97 Å². The number of benzene rings is 2. The number of hydrogen-bond donors (Lipinski definition) is 1. The number of rotatable bonds is 4. The Kier molecular flexibility index (Phi) is 6.09. The molecular formula is C18H13IN2O3. The molecule has 0 saturated carbocycles. The molecule has 0 atom stereocenters. The summed E-state index contributed by atoms with van der Waals surface area (Å²) in [6.45, 7) is 0. The summed E-state index contributed by atoms with van der Waals surface area (Å²) in [5, 5.41) is 11.9. The van der Waals surface area contributed by atoms with Crippen LogP contribution in [-0.2, 0) is 9.53 Å². The smallest absolute Gasteiger partial charge is 0.337 e. The van der Waals surface area contributed by atoms with E-state index in [9.17, 15) is 14.9 Å². The molecule has 0 aliphatic rings. The molecule has 0 aliphatic heterocycles. The lowest BCUT2D eigenvalue weighted by Gasteiger charge is -2.05. The number of nitrogens with one attached hydrogen (secondary N) is 1. The summed E-state index contributed by atoms with van der Waals surface area (Å²) >= 11 is 2.14. The predicted molar refractivity (Wildman–Crippen MR) is 99.2 cm³/mol. The number of hydrogen-bond acceptors (Lipinski definition) is 4. The number of ether oxygens (including phenoxy) is 1. The molecule has 0 fully saturated rings. The third-order valence-corrected chi connectivity index (χ3v) is 3.76. The minimum atomic E-state index is -0.489. The number of carbonyl (C=O) groups excluding carboxylic acids is 2. The first kappa shape index (κ1) is 17.7. The SMILES string of the molecule is COC(=O)c1ccc(/C=C(\C#N)C(=O)Nc2cccc(I)c2)cc1. The van der Waals surface area contributed by atoms with Crippen LogP contribution in [0.4, 0.5) is 5.69 Å². The first-order valence-electron chi connectivity index (χ1n) is 6.90. The number of anilines is 1. The zero-order valence-corrected chi connectivity index (χ0v) is 14.9. The maximum absolute atomic E-state index is 12.2. The van der Waals surface area contributed by atoms with E-state index in [1.54, 1.807) is 36.4 Å². The van der Waals surface area contributed by atoms with Gasteiger partial charge in [0, 0.05) is 9.26 Å². The highest BCUT2D eigenvalue weighted by Gasteiger charge is 2.10. The van der Waals surface area contributed by atoms with Crippen molar-refractivity contribution in [2.45, 2.75) is 0 Å². The molecule has 24 heavy (non-hydrogen) atoms. The van der Waals surface area contributed by atoms with Crippen LogP contribution in [0.25, 0.3) is 6.08 Å². The van der Waals surface area contributed by atoms with Crippen LogP contribution in [0, 0.1) is 14.9 Å². The summed E-state index contributed by atoms with van der Waals surface area (Å²) in [5.74, 6) is -0.931. The number of nitriles is 1. The lowest BCUT2D eigenvalue weighted by molar-refractivity contribution is -0.112. The van der Waals surface area contributed by atoms with Crippen LogP contribution in [0.15, 0.2) is 54.1 Å². The normalized spacial score (nSPS) is 10.6. The first-order valence-corrected chi connectivity index (χ1v) is 7.98. The molecule has 0 bridgehead atoms. The minimum absolute atomic E-state index is 0.0281. The van der Waals surface area contributed by atoms with Gasteiger partial charge in [-0.15, -0.1) is 0 Å². The third kappa shape index (κ3) is 4.67. The van der Waals surface area contributed by atoms with Crippen LogP contribution >= 0.6 is 22.6 Å². The number of esters is 1. The Hall–Kier alpha value is -2.66. The Bertz CT molecular complexity index is 836. The Balaban J connectivity index is 2.18. The van der Waals surface area contributed by atoms with Crippen LogP contribution in [-0.4, -0.2) is 19.0 Å². The molecule has 1 N–H and O–H groups in total. The van der Waals surface area contributed by atoms with Gasteiger partial charge in [0.1, 0.15) is 11.6 Å². The van der Waals surface area contributed by atoms with Crippen molar-refractivity contribution >= 4 is 46.2 Å². The molecule has 1 amide bonds. The number of amides is 1. The molecule has 0 aliphatic carbocycles. The Labute approximate surface area is 153 Å². The average molecular weight is 432 g/mol. The highest BCUT2D eigenvalue weighted by Crippen LogP contribution is 2.15. The topological polar surface area (TPSA) is 79.2 Å². The fourth-order valence-corrected chi connectivity index (χ4v) is 2.46. The molecule has 0 aromatic heterocycles. The highest BCUT2D eigenvalue weighted by atomic mass is 127. The summed E-state index contributed by atoms with van der Waals surface area (Å²) < 4.78 is 5.60. The quantitative estimate of drug-likeness (QED) is 0.347. The van der Waals surface area contributed by atoms with Crippen molar-refractivity contribution in [3.8, 4) is 6.07 Å². The molecule has 0 saturated heterocycles. The van der Waals surface area contributed by atoms with E-state index < -0.39 is 11.9 Å². The van der Waals surface area contributed by atoms with Gasteiger partial charge in [-0.3, -0.25) is 4.79 Å². The van der Waals surface area contributed by atoms with Gasteiger partial charge in [-0.2, -0.15) is 5.26 Å². The minimum Gasteiger partial charge on any atom is -0.465 e. The second-order valence-corrected chi connectivity index (χ2v) is 5.99. The van der Waals surface area contributed by atoms with Gasteiger partial charge in [0.25, 0.3) is 5.91 Å². The largest absolute Gasteiger partial charge is 0.465 e. The molecule has 0 heterocycles. The Morgan fingerprint density at radius 2 is 1.92 bits per heavy atom. The van der Waals surface area contributed by atoms with E-state index in [0.29, 0.717) is 16.8 Å². The van der Waals surface area contributed by atoms with Crippen LogP contribution in [0.2, 0.25) is 0 Å². The summed E-state index contributed by atoms with van der Waals surface area (Å²) in [7, 11) is 1.30. The standard InChI is InChI=1S/C18H13IN2O3/c1-24-18(23)13-7-5-12(6-8-13)9-14(11-20)17(22)21-16-4-2-3-15(19)10-16/h2-10H,1H3,(H,21,22)/b14-9+. The van der Waals surface area contributed by atoms with Gasteiger partial charge in [-0.05, 0) is 64.6 Å². The molecule has 0 spiro atoms. The zero-order valence-electron chi connectivity index (χ0n) is 12.7. The van der Waals surface area contributed by atoms with Crippen LogP contribution < -0.4 is 5.32 Å². The Morgan fingerprint density at radius 3 is 2.50 bits per heavy atom. The van der Waals surface area contributed by atoms with Crippen molar-refractivity contribution in [1.82, 2.24) is 0 Å². The third-order valence-electron chi connectivity index (χ3n) is 3.09. The van der Waals surface area contributed by atoms with Crippen LogP contribution in [0.3, 0.4) is 0 Å². The van der Waals surface area contributed by atoms with E-state index in [1.165, 1.54) is 13.2 Å². The lowest BCUT2D eigenvalue weighted by Crippen LogP contribution is -2.13. The van der Waals surface area contributed by atoms with E-state index >= 15 is 0 Å².